The number of hydrogen-bond acceptors (Lipinski definition) is 3. The lowest BCUT2D eigenvalue weighted by atomic mass is 10.1. The normalized spacial score (nSPS) is 11.9. The molecule has 0 radical (unpaired) electrons. The molecular formula is C46H28N4O. The van der Waals surface area contributed by atoms with Crippen molar-refractivity contribution in [2.24, 2.45) is 0 Å². The molecule has 0 saturated heterocycles. The quantitative estimate of drug-likeness (QED) is 0.190. The summed E-state index contributed by atoms with van der Waals surface area (Å²) < 4.78 is 11.2. The second-order valence-electron chi connectivity index (χ2n) is 13.0. The van der Waals surface area contributed by atoms with Crippen LogP contribution in [-0.2, 0) is 0 Å². The van der Waals surface area contributed by atoms with E-state index >= 15 is 0 Å². The van der Waals surface area contributed by atoms with Crippen LogP contribution in [0.4, 0.5) is 0 Å². The number of aromatic nitrogens is 4. The Labute approximate surface area is 292 Å². The van der Waals surface area contributed by atoms with Crippen molar-refractivity contribution in [2.75, 3.05) is 0 Å². The molecule has 5 nitrogen and oxygen atoms in total. The van der Waals surface area contributed by atoms with Gasteiger partial charge in [0, 0.05) is 49.1 Å². The van der Waals surface area contributed by atoms with E-state index in [-0.39, 0.29) is 0 Å². The Kier molecular flexibility index (Phi) is 5.89. The average molecular weight is 653 g/mol. The van der Waals surface area contributed by atoms with Crippen LogP contribution >= 0.6 is 0 Å². The summed E-state index contributed by atoms with van der Waals surface area (Å²) in [4.78, 5) is 10.5. The van der Waals surface area contributed by atoms with E-state index in [1.54, 1.807) is 0 Å². The minimum absolute atomic E-state index is 0.628. The van der Waals surface area contributed by atoms with E-state index in [2.05, 4.69) is 155 Å². The minimum atomic E-state index is 0.628. The first kappa shape index (κ1) is 27.9. The zero-order valence-corrected chi connectivity index (χ0v) is 27.4. The number of rotatable bonds is 4. The summed E-state index contributed by atoms with van der Waals surface area (Å²) in [5, 5.41) is 6.83. The van der Waals surface area contributed by atoms with Gasteiger partial charge >= 0.3 is 0 Å². The molecular weight excluding hydrogens is 625 g/mol. The molecule has 0 bridgehead atoms. The molecule has 0 unspecified atom stereocenters. The van der Waals surface area contributed by atoms with E-state index in [9.17, 15) is 0 Å². The number of furan rings is 1. The third kappa shape index (κ3) is 4.15. The maximum Gasteiger partial charge on any atom is 0.235 e. The molecule has 11 rings (SSSR count). The highest BCUT2D eigenvalue weighted by molar-refractivity contribution is 6.24. The van der Waals surface area contributed by atoms with E-state index in [4.69, 9.17) is 14.4 Å². The Morgan fingerprint density at radius 1 is 0.392 bits per heavy atom. The van der Waals surface area contributed by atoms with Crippen molar-refractivity contribution in [2.45, 2.75) is 0 Å². The van der Waals surface area contributed by atoms with Gasteiger partial charge in [0.2, 0.25) is 5.95 Å². The van der Waals surface area contributed by atoms with Crippen molar-refractivity contribution in [3.05, 3.63) is 170 Å². The zero-order chi connectivity index (χ0) is 33.5. The first-order valence-corrected chi connectivity index (χ1v) is 17.2. The highest BCUT2D eigenvalue weighted by atomic mass is 16.3. The Bertz CT molecular complexity index is 3060. The number of fused-ring (bicyclic) bond motifs is 10. The summed E-state index contributed by atoms with van der Waals surface area (Å²) in [5.74, 6) is 0.628. The summed E-state index contributed by atoms with van der Waals surface area (Å²) in [5.41, 5.74) is 10.9. The maximum atomic E-state index is 6.66. The van der Waals surface area contributed by atoms with Crippen LogP contribution in [0.2, 0.25) is 0 Å². The van der Waals surface area contributed by atoms with Crippen LogP contribution in [0.3, 0.4) is 0 Å². The van der Waals surface area contributed by atoms with Gasteiger partial charge in [-0.05, 0) is 48.5 Å². The molecule has 0 amide bonds. The number of nitrogens with zero attached hydrogens (tertiary/aromatic N) is 4. The number of hydrogen-bond donors (Lipinski definition) is 0. The highest BCUT2D eigenvalue weighted by Crippen LogP contribution is 2.43. The summed E-state index contributed by atoms with van der Waals surface area (Å²) in [6, 6.07) is 59.4. The number of para-hydroxylation sites is 3. The molecule has 4 aromatic heterocycles. The fraction of sp³-hybridized carbons (Fsp3) is 0. The molecule has 0 aliphatic rings. The van der Waals surface area contributed by atoms with Crippen molar-refractivity contribution in [1.82, 2.24) is 19.1 Å². The van der Waals surface area contributed by atoms with Gasteiger partial charge in [0.1, 0.15) is 5.58 Å². The molecule has 7 aromatic carbocycles. The SMILES string of the molecule is c1ccc(-c2cc(-c3ccccc3)nc(-n3c4ccccc4c4cc5c6ccc7c8ccccc8oc7c6n(-c6ccccc6)c5cc43)n2)cc1. The smallest absolute Gasteiger partial charge is 0.235 e. The predicted octanol–water partition coefficient (Wildman–Crippen LogP) is 11.9. The van der Waals surface area contributed by atoms with E-state index in [1.165, 1.54) is 0 Å². The molecule has 5 heteroatoms. The van der Waals surface area contributed by atoms with Crippen molar-refractivity contribution in [3.8, 4) is 34.2 Å². The predicted molar refractivity (Wildman–Crippen MR) is 209 cm³/mol. The summed E-state index contributed by atoms with van der Waals surface area (Å²) in [6.45, 7) is 0. The molecule has 0 saturated carbocycles. The average Bonchev–Trinajstić information content (AvgIpc) is 3.85. The van der Waals surface area contributed by atoms with Crippen molar-refractivity contribution < 1.29 is 4.42 Å². The van der Waals surface area contributed by atoms with Crippen molar-refractivity contribution >= 4 is 65.6 Å². The zero-order valence-electron chi connectivity index (χ0n) is 27.4. The van der Waals surface area contributed by atoms with Gasteiger partial charge in [0.25, 0.3) is 0 Å². The Morgan fingerprint density at radius 2 is 0.961 bits per heavy atom. The van der Waals surface area contributed by atoms with Gasteiger partial charge in [0.15, 0.2) is 5.58 Å². The minimum Gasteiger partial charge on any atom is -0.454 e. The van der Waals surface area contributed by atoms with Gasteiger partial charge in [-0.3, -0.25) is 4.57 Å². The van der Waals surface area contributed by atoms with Crippen LogP contribution in [0, 0.1) is 0 Å². The van der Waals surface area contributed by atoms with Crippen molar-refractivity contribution in [1.29, 1.82) is 0 Å². The van der Waals surface area contributed by atoms with Gasteiger partial charge in [-0.15, -0.1) is 0 Å². The van der Waals surface area contributed by atoms with Crippen LogP contribution in [0.25, 0.3) is 99.7 Å². The lowest BCUT2D eigenvalue weighted by Crippen LogP contribution is -2.04. The lowest BCUT2D eigenvalue weighted by Gasteiger charge is -2.12. The van der Waals surface area contributed by atoms with E-state index < -0.39 is 0 Å². The largest absolute Gasteiger partial charge is 0.454 e. The van der Waals surface area contributed by atoms with E-state index in [0.29, 0.717) is 5.95 Å². The van der Waals surface area contributed by atoms with Crippen molar-refractivity contribution in [3.63, 3.8) is 0 Å². The standard InChI is InChI=1S/C46H28N4O/c1-4-14-29(15-5-1)38-27-39(30-16-6-2-7-17-30)48-46(47-38)50-40-22-12-10-20-32(40)36-26-37-34-24-25-35-33-21-11-13-23-43(33)51-45(35)44(34)49(41(37)28-42(36)50)31-18-8-3-9-19-31/h1-28H. The maximum absolute atomic E-state index is 6.66. The summed E-state index contributed by atoms with van der Waals surface area (Å²) in [7, 11) is 0. The van der Waals surface area contributed by atoms with E-state index in [1.807, 2.05) is 24.3 Å². The Morgan fingerprint density at radius 3 is 1.69 bits per heavy atom. The van der Waals surface area contributed by atoms with Crippen LogP contribution < -0.4 is 0 Å². The van der Waals surface area contributed by atoms with Gasteiger partial charge in [0.05, 0.1) is 33.5 Å². The van der Waals surface area contributed by atoms with E-state index in [0.717, 1.165) is 93.8 Å². The first-order chi connectivity index (χ1) is 25.3. The molecule has 51 heavy (non-hydrogen) atoms. The van der Waals surface area contributed by atoms with Crippen LogP contribution in [0.1, 0.15) is 0 Å². The molecule has 0 aliphatic carbocycles. The Hall–Kier alpha value is -6.98. The first-order valence-electron chi connectivity index (χ1n) is 17.2. The Balaban J connectivity index is 1.29. The molecule has 0 N–H and O–H groups in total. The molecule has 4 heterocycles. The second kappa shape index (κ2) is 10.8. The fourth-order valence-electron chi connectivity index (χ4n) is 7.85. The topological polar surface area (TPSA) is 48.8 Å². The van der Waals surface area contributed by atoms with Gasteiger partial charge in [-0.25, -0.2) is 9.97 Å². The van der Waals surface area contributed by atoms with Crippen LogP contribution in [0.5, 0.6) is 0 Å². The van der Waals surface area contributed by atoms with Crippen LogP contribution in [-0.4, -0.2) is 19.1 Å². The third-order valence-electron chi connectivity index (χ3n) is 10.1. The monoisotopic (exact) mass is 652 g/mol. The molecule has 238 valence electrons. The number of benzene rings is 7. The van der Waals surface area contributed by atoms with Crippen LogP contribution in [0.15, 0.2) is 174 Å². The van der Waals surface area contributed by atoms with Gasteiger partial charge in [-0.1, -0.05) is 121 Å². The molecule has 0 aliphatic heterocycles. The summed E-state index contributed by atoms with van der Waals surface area (Å²) >= 11 is 0. The second-order valence-corrected chi connectivity index (χ2v) is 13.0. The highest BCUT2D eigenvalue weighted by Gasteiger charge is 2.23. The molecule has 11 aromatic rings. The summed E-state index contributed by atoms with van der Waals surface area (Å²) in [6.07, 6.45) is 0. The molecule has 0 spiro atoms. The molecule has 0 atom stereocenters. The van der Waals surface area contributed by atoms with Gasteiger partial charge < -0.3 is 8.98 Å². The fourth-order valence-corrected chi connectivity index (χ4v) is 7.85. The molecule has 0 fully saturated rings. The lowest BCUT2D eigenvalue weighted by molar-refractivity contribution is 0.671. The third-order valence-corrected chi connectivity index (χ3v) is 10.1. The van der Waals surface area contributed by atoms with Gasteiger partial charge in [-0.2, -0.15) is 0 Å².